The average Bonchev–Trinajstić information content (AvgIpc) is 3.36. The molecule has 6 saturated heterocycles. The highest BCUT2D eigenvalue weighted by atomic mass is 32.2. The van der Waals surface area contributed by atoms with E-state index in [-0.39, 0.29) is 34.8 Å². The molecule has 0 aromatic heterocycles. The third-order valence-corrected chi connectivity index (χ3v) is 23.3. The number of hydrogen-bond donors (Lipinski definition) is 0. The van der Waals surface area contributed by atoms with Gasteiger partial charge in [0.15, 0.2) is 0 Å². The van der Waals surface area contributed by atoms with Crippen molar-refractivity contribution in [2.24, 2.45) is 0 Å². The molecule has 6 aliphatic rings. The van der Waals surface area contributed by atoms with Gasteiger partial charge in [-0.1, -0.05) is 53.1 Å². The van der Waals surface area contributed by atoms with Gasteiger partial charge < -0.3 is 14.4 Å². The summed E-state index contributed by atoms with van der Waals surface area (Å²) in [6.45, 7) is 22.7. The molecule has 0 aliphatic carbocycles. The Morgan fingerprint density at radius 2 is 0.836 bits per heavy atom. The first-order valence-electron chi connectivity index (χ1n) is 27.2. The number of hydrogen-bond acceptors (Lipinski definition) is 12. The maximum absolute atomic E-state index is 15.6. The monoisotopic (exact) mass is 1070 g/mol. The number of ether oxygens (including phenoxy) is 2. The molecule has 18 heteroatoms. The average molecular weight is 1070 g/mol. The summed E-state index contributed by atoms with van der Waals surface area (Å²) in [5, 5.41) is 0. The van der Waals surface area contributed by atoms with Crippen molar-refractivity contribution in [3.05, 3.63) is 86.5 Å². The van der Waals surface area contributed by atoms with E-state index in [4.69, 9.17) is 9.47 Å². The lowest BCUT2D eigenvalue weighted by atomic mass is 9.94. The lowest BCUT2D eigenvalue weighted by molar-refractivity contribution is -0.0829. The molecule has 3 aromatic carbocycles. The van der Waals surface area contributed by atoms with Crippen molar-refractivity contribution in [3.8, 4) is 0 Å². The van der Waals surface area contributed by atoms with E-state index in [1.807, 2.05) is 71.0 Å². The van der Waals surface area contributed by atoms with Crippen molar-refractivity contribution < 1.29 is 34.7 Å². The Morgan fingerprint density at radius 3 is 1.30 bits per heavy atom. The van der Waals surface area contributed by atoms with Gasteiger partial charge in [-0.3, -0.25) is 14.7 Å². The highest BCUT2D eigenvalue weighted by Crippen LogP contribution is 2.37. The predicted molar refractivity (Wildman–Crippen MR) is 287 cm³/mol. The number of piperazine rings is 1. The summed E-state index contributed by atoms with van der Waals surface area (Å²) in [6.07, 6.45) is 6.27. The van der Waals surface area contributed by atoms with Crippen molar-refractivity contribution in [1.82, 2.24) is 32.5 Å². The van der Waals surface area contributed by atoms with Crippen LogP contribution in [0.25, 0.3) is 0 Å². The van der Waals surface area contributed by atoms with E-state index in [0.29, 0.717) is 129 Å². The molecular weight excluding hydrogens is 983 g/mol. The number of likely N-dealkylation sites (N-methyl/N-ethyl adjacent to an activating group) is 1. The van der Waals surface area contributed by atoms with E-state index in [2.05, 4.69) is 33.6 Å². The van der Waals surface area contributed by atoms with Gasteiger partial charge in [0, 0.05) is 110 Å². The molecule has 1 unspecified atom stereocenters. The van der Waals surface area contributed by atoms with Crippen molar-refractivity contribution >= 4 is 30.1 Å². The third kappa shape index (κ3) is 12.2. The third-order valence-electron chi connectivity index (χ3n) is 17.0. The topological polar surface area (TPSA) is 144 Å². The standard InChI is InChI=1S/C55H83N7O8S3/c1-40-32-43(4)53(71(63,64)60-18-13-51(14-19-60)58-28-30-69-31-29-58)46(34-40)8-9-47-35-42(3)37-49(55(47)73(67,68)62-20-11-50(12-21-62)57-26-24-56(7)25-27-57)38-48-36-41(2)33-44(5)54(48)72(65,66)61-22-15-52(16-23-61)59-17-10-45(6)70-39-59/h32-37,45,50-52H,8-31,38-39H2,1-7H3. The highest BCUT2D eigenvalue weighted by molar-refractivity contribution is 7.89. The van der Waals surface area contributed by atoms with E-state index in [0.717, 1.165) is 94.6 Å². The molecule has 0 amide bonds. The molecule has 0 spiro atoms. The van der Waals surface area contributed by atoms with Crippen LogP contribution in [0.3, 0.4) is 0 Å². The molecule has 15 nitrogen and oxygen atoms in total. The van der Waals surface area contributed by atoms with Gasteiger partial charge in [-0.05, 0) is 140 Å². The van der Waals surface area contributed by atoms with Crippen molar-refractivity contribution in [2.45, 2.75) is 145 Å². The summed E-state index contributed by atoms with van der Waals surface area (Å²) in [4.78, 5) is 10.4. The molecule has 6 aliphatic heterocycles. The molecule has 0 N–H and O–H groups in total. The molecule has 9 rings (SSSR count). The summed E-state index contributed by atoms with van der Waals surface area (Å²) in [5.74, 6) is 0. The Labute approximate surface area is 438 Å². The van der Waals surface area contributed by atoms with Crippen LogP contribution in [0.15, 0.2) is 51.1 Å². The van der Waals surface area contributed by atoms with Crippen LogP contribution in [-0.4, -0.2) is 194 Å². The number of aryl methyl sites for hydroxylation is 7. The molecule has 6 heterocycles. The maximum Gasteiger partial charge on any atom is 0.243 e. The Kier molecular flexibility index (Phi) is 17.3. The molecule has 6 fully saturated rings. The smallest absolute Gasteiger partial charge is 0.243 e. The van der Waals surface area contributed by atoms with E-state index in [1.54, 1.807) is 12.9 Å². The second-order valence-corrected chi connectivity index (χ2v) is 28.0. The maximum atomic E-state index is 15.6. The van der Waals surface area contributed by atoms with Crippen LogP contribution >= 0.6 is 0 Å². The largest absolute Gasteiger partial charge is 0.379 e. The number of nitrogens with zero attached hydrogens (tertiary/aromatic N) is 7. The zero-order valence-corrected chi connectivity index (χ0v) is 47.2. The fraction of sp³-hybridized carbons (Fsp3) is 0.673. The Morgan fingerprint density at radius 1 is 0.452 bits per heavy atom. The van der Waals surface area contributed by atoms with Gasteiger partial charge in [0.2, 0.25) is 30.1 Å². The summed E-state index contributed by atoms with van der Waals surface area (Å²) in [6, 6.07) is 12.5. The van der Waals surface area contributed by atoms with E-state index < -0.39 is 30.1 Å². The molecule has 1 atom stereocenters. The Hall–Kier alpha value is -2.85. The summed E-state index contributed by atoms with van der Waals surface area (Å²) >= 11 is 0. The van der Waals surface area contributed by atoms with Crippen LogP contribution in [-0.2, 0) is 58.8 Å². The zero-order valence-electron chi connectivity index (χ0n) is 44.8. The van der Waals surface area contributed by atoms with Crippen molar-refractivity contribution in [3.63, 3.8) is 0 Å². The van der Waals surface area contributed by atoms with E-state index in [1.165, 1.54) is 0 Å². The minimum atomic E-state index is -4.13. The first kappa shape index (κ1) is 54.9. The molecule has 0 radical (unpaired) electrons. The van der Waals surface area contributed by atoms with Gasteiger partial charge in [0.1, 0.15) is 0 Å². The van der Waals surface area contributed by atoms with Crippen LogP contribution in [0.1, 0.15) is 102 Å². The lowest BCUT2D eigenvalue weighted by Gasteiger charge is -2.41. The second kappa shape index (κ2) is 23.0. The fourth-order valence-electron chi connectivity index (χ4n) is 13.1. The van der Waals surface area contributed by atoms with Crippen LogP contribution in [0.4, 0.5) is 0 Å². The van der Waals surface area contributed by atoms with Crippen LogP contribution < -0.4 is 0 Å². The highest BCUT2D eigenvalue weighted by Gasteiger charge is 2.39. The SMILES string of the molecule is Cc1cc(C)c(S(=O)(=O)N2CCC(N3CCOCC3)CC2)c(CCc2cc(C)cc(Cc3cc(C)cc(C)c3S(=O)(=O)N3CCC(N4CCC(C)OC4)CC3)c2S(=O)(=O)N2CCC(N3CCN(C)CC3)CC2)c1. The van der Waals surface area contributed by atoms with Crippen LogP contribution in [0.2, 0.25) is 0 Å². The molecule has 73 heavy (non-hydrogen) atoms. The molecule has 404 valence electrons. The van der Waals surface area contributed by atoms with E-state index >= 15 is 16.8 Å². The Bertz CT molecular complexity index is 2770. The first-order chi connectivity index (χ1) is 34.8. The van der Waals surface area contributed by atoms with Gasteiger partial charge >= 0.3 is 0 Å². The summed E-state index contributed by atoms with van der Waals surface area (Å²) in [5.41, 5.74) is 6.50. The lowest BCUT2D eigenvalue weighted by Crippen LogP contribution is -2.53. The minimum absolute atomic E-state index is 0.0987. The van der Waals surface area contributed by atoms with Crippen molar-refractivity contribution in [2.75, 3.05) is 112 Å². The molecule has 3 aromatic rings. The molecule has 0 saturated carbocycles. The number of piperidine rings is 3. The predicted octanol–water partition coefficient (Wildman–Crippen LogP) is 5.71. The molecular formula is C55H83N7O8S3. The van der Waals surface area contributed by atoms with Crippen LogP contribution in [0.5, 0.6) is 0 Å². The van der Waals surface area contributed by atoms with E-state index in [9.17, 15) is 8.42 Å². The summed E-state index contributed by atoms with van der Waals surface area (Å²) < 4.78 is 107. The zero-order chi connectivity index (χ0) is 51.8. The van der Waals surface area contributed by atoms with Gasteiger partial charge in [-0.15, -0.1) is 0 Å². The number of sulfonamides is 3. The van der Waals surface area contributed by atoms with Gasteiger partial charge in [-0.2, -0.15) is 12.9 Å². The second-order valence-electron chi connectivity index (χ2n) is 22.3. The van der Waals surface area contributed by atoms with Crippen molar-refractivity contribution in [1.29, 1.82) is 0 Å². The Balaban J connectivity index is 1.04. The van der Waals surface area contributed by atoms with Gasteiger partial charge in [-0.25, -0.2) is 25.3 Å². The van der Waals surface area contributed by atoms with Gasteiger partial charge in [0.25, 0.3) is 0 Å². The number of morpholine rings is 1. The number of benzene rings is 3. The molecule has 0 bridgehead atoms. The first-order valence-corrected chi connectivity index (χ1v) is 31.5. The quantitative estimate of drug-likeness (QED) is 0.195. The van der Waals surface area contributed by atoms with Gasteiger partial charge in [0.05, 0.1) is 40.7 Å². The number of rotatable bonds is 14. The fourth-order valence-corrected chi connectivity index (χ4v) is 18.7. The summed E-state index contributed by atoms with van der Waals surface area (Å²) in [7, 11) is -9.85. The minimum Gasteiger partial charge on any atom is -0.379 e. The van der Waals surface area contributed by atoms with Crippen LogP contribution in [0, 0.1) is 34.6 Å². The normalized spacial score (nSPS) is 23.6.